The van der Waals surface area contributed by atoms with Gasteiger partial charge in [-0.05, 0) is 6.42 Å². The van der Waals surface area contributed by atoms with Gasteiger partial charge in [0.2, 0.25) is 0 Å². The Balaban J connectivity index is 2.63. The predicted molar refractivity (Wildman–Crippen MR) is 38.3 cm³/mol. The van der Waals surface area contributed by atoms with Crippen molar-refractivity contribution in [2.75, 3.05) is 6.61 Å². The van der Waals surface area contributed by atoms with Gasteiger partial charge in [0.1, 0.15) is 0 Å². The third-order valence-electron chi connectivity index (χ3n) is 2.30. The molecule has 1 aliphatic rings. The highest BCUT2D eigenvalue weighted by Crippen LogP contribution is 2.30. The molecular weight excluding hydrogens is 130 g/mol. The predicted octanol–water partition coefficient (Wildman–Crippen LogP) is 0.0786. The van der Waals surface area contributed by atoms with Crippen molar-refractivity contribution in [2.24, 2.45) is 11.1 Å². The molecule has 0 aliphatic carbocycles. The van der Waals surface area contributed by atoms with Crippen molar-refractivity contribution in [3.05, 3.63) is 0 Å². The van der Waals surface area contributed by atoms with E-state index in [1.165, 1.54) is 0 Å². The van der Waals surface area contributed by atoms with Crippen LogP contribution in [0.2, 0.25) is 0 Å². The lowest BCUT2D eigenvalue weighted by Crippen LogP contribution is -2.51. The topological polar surface area (TPSA) is 55.5 Å². The fraction of sp³-hybridized carbons (Fsp3) is 1.00. The first-order chi connectivity index (χ1) is 4.55. The summed E-state index contributed by atoms with van der Waals surface area (Å²) in [4.78, 5) is 0. The lowest BCUT2D eigenvalue weighted by Gasteiger charge is -2.39. The fourth-order valence-electron chi connectivity index (χ4n) is 1.08. The zero-order valence-electron chi connectivity index (χ0n) is 6.50. The van der Waals surface area contributed by atoms with Gasteiger partial charge in [-0.15, -0.1) is 0 Å². The van der Waals surface area contributed by atoms with Crippen LogP contribution in [-0.4, -0.2) is 24.0 Å². The molecule has 2 atom stereocenters. The molecule has 0 amide bonds. The van der Waals surface area contributed by atoms with Crippen molar-refractivity contribution in [1.82, 2.24) is 0 Å². The molecule has 2 unspecified atom stereocenters. The van der Waals surface area contributed by atoms with E-state index in [1.807, 2.05) is 13.8 Å². The molecular formula is C7H15NO2. The maximum Gasteiger partial charge on any atom is 0.161 e. The fourth-order valence-corrected chi connectivity index (χ4v) is 1.08. The van der Waals surface area contributed by atoms with E-state index in [0.29, 0.717) is 6.61 Å². The highest BCUT2D eigenvalue weighted by Gasteiger charge is 2.38. The Labute approximate surface area is 61.2 Å². The Morgan fingerprint density at radius 1 is 1.60 bits per heavy atom. The van der Waals surface area contributed by atoms with Crippen molar-refractivity contribution >= 4 is 0 Å². The van der Waals surface area contributed by atoms with Crippen LogP contribution in [0.4, 0.5) is 0 Å². The second kappa shape index (κ2) is 2.49. The summed E-state index contributed by atoms with van der Waals surface area (Å²) in [6.07, 6.45) is 0.139. The number of hydrogen-bond acceptors (Lipinski definition) is 3. The monoisotopic (exact) mass is 145 g/mol. The zero-order valence-corrected chi connectivity index (χ0v) is 6.50. The Hall–Kier alpha value is -0.120. The van der Waals surface area contributed by atoms with E-state index in [-0.39, 0.29) is 11.5 Å². The summed E-state index contributed by atoms with van der Waals surface area (Å²) in [7, 11) is 0. The van der Waals surface area contributed by atoms with Gasteiger partial charge in [-0.25, -0.2) is 0 Å². The van der Waals surface area contributed by atoms with E-state index in [0.717, 1.165) is 6.42 Å². The summed E-state index contributed by atoms with van der Waals surface area (Å²) in [6.45, 7) is 4.41. The molecule has 0 saturated carbocycles. The van der Waals surface area contributed by atoms with Gasteiger partial charge in [0.25, 0.3) is 0 Å². The molecule has 60 valence electrons. The molecule has 0 aromatic rings. The summed E-state index contributed by atoms with van der Waals surface area (Å²) >= 11 is 0. The smallest absolute Gasteiger partial charge is 0.161 e. The Morgan fingerprint density at radius 3 is 2.60 bits per heavy atom. The van der Waals surface area contributed by atoms with Gasteiger partial charge in [-0.3, -0.25) is 0 Å². The van der Waals surface area contributed by atoms with Gasteiger partial charge >= 0.3 is 0 Å². The summed E-state index contributed by atoms with van der Waals surface area (Å²) < 4.78 is 5.04. The molecule has 1 saturated heterocycles. The maximum atomic E-state index is 9.31. The number of rotatable bonds is 0. The van der Waals surface area contributed by atoms with Crippen molar-refractivity contribution < 1.29 is 9.84 Å². The lowest BCUT2D eigenvalue weighted by atomic mass is 9.81. The van der Waals surface area contributed by atoms with Crippen molar-refractivity contribution in [3.63, 3.8) is 0 Å². The highest BCUT2D eigenvalue weighted by atomic mass is 16.6. The number of aliphatic hydroxyl groups excluding tert-OH is 1. The van der Waals surface area contributed by atoms with Gasteiger partial charge in [0.15, 0.2) is 6.29 Å². The summed E-state index contributed by atoms with van der Waals surface area (Å²) in [6, 6.07) is 0.0521. The van der Waals surface area contributed by atoms with Crippen LogP contribution in [0.3, 0.4) is 0 Å². The Bertz CT molecular complexity index is 113. The van der Waals surface area contributed by atoms with Crippen LogP contribution < -0.4 is 5.73 Å². The number of hydrogen-bond donors (Lipinski definition) is 2. The normalized spacial score (nSPS) is 39.6. The molecule has 0 spiro atoms. The minimum Gasteiger partial charge on any atom is -0.367 e. The van der Waals surface area contributed by atoms with Gasteiger partial charge in [0.05, 0.1) is 6.61 Å². The summed E-state index contributed by atoms with van der Waals surface area (Å²) in [5.41, 5.74) is 5.47. The average molecular weight is 145 g/mol. The first-order valence-electron chi connectivity index (χ1n) is 3.60. The van der Waals surface area contributed by atoms with E-state index in [4.69, 9.17) is 10.5 Å². The van der Waals surface area contributed by atoms with Gasteiger partial charge < -0.3 is 15.6 Å². The standard InChI is InChI=1S/C7H15NO2/c1-7(2)5(8)3-4-10-6(7)9/h5-6,9H,3-4,8H2,1-2H3. The SMILES string of the molecule is CC1(C)C(N)CCOC1O. The first-order valence-corrected chi connectivity index (χ1v) is 3.60. The zero-order chi connectivity index (χ0) is 7.78. The van der Waals surface area contributed by atoms with Gasteiger partial charge in [-0.2, -0.15) is 0 Å². The minimum atomic E-state index is -0.698. The van der Waals surface area contributed by atoms with E-state index < -0.39 is 6.29 Å². The first kappa shape index (κ1) is 7.98. The molecule has 0 aromatic heterocycles. The Kier molecular flexibility index (Phi) is 1.99. The highest BCUT2D eigenvalue weighted by molar-refractivity contribution is 4.86. The molecule has 3 nitrogen and oxygen atoms in total. The minimum absolute atomic E-state index is 0.0521. The van der Waals surface area contributed by atoms with E-state index in [2.05, 4.69) is 0 Å². The molecule has 3 heteroatoms. The molecule has 0 radical (unpaired) electrons. The van der Waals surface area contributed by atoms with E-state index in [1.54, 1.807) is 0 Å². The quantitative estimate of drug-likeness (QED) is 0.507. The molecule has 0 bridgehead atoms. The third kappa shape index (κ3) is 1.17. The van der Waals surface area contributed by atoms with Crippen LogP contribution in [0.1, 0.15) is 20.3 Å². The Morgan fingerprint density at radius 2 is 2.20 bits per heavy atom. The third-order valence-corrected chi connectivity index (χ3v) is 2.30. The molecule has 1 rings (SSSR count). The molecule has 1 aliphatic heterocycles. The van der Waals surface area contributed by atoms with Crippen LogP contribution in [-0.2, 0) is 4.74 Å². The second-order valence-corrected chi connectivity index (χ2v) is 3.44. The van der Waals surface area contributed by atoms with E-state index >= 15 is 0 Å². The van der Waals surface area contributed by atoms with Crippen LogP contribution in [0.25, 0.3) is 0 Å². The van der Waals surface area contributed by atoms with Crippen molar-refractivity contribution in [2.45, 2.75) is 32.6 Å². The largest absolute Gasteiger partial charge is 0.367 e. The van der Waals surface area contributed by atoms with Crippen molar-refractivity contribution in [3.8, 4) is 0 Å². The van der Waals surface area contributed by atoms with Crippen molar-refractivity contribution in [1.29, 1.82) is 0 Å². The summed E-state index contributed by atoms with van der Waals surface area (Å²) in [5, 5.41) is 9.31. The molecule has 1 fully saturated rings. The average Bonchev–Trinajstić information content (AvgIpc) is 1.84. The van der Waals surface area contributed by atoms with E-state index in [9.17, 15) is 5.11 Å². The van der Waals surface area contributed by atoms with Crippen LogP contribution >= 0.6 is 0 Å². The second-order valence-electron chi connectivity index (χ2n) is 3.44. The number of nitrogens with two attached hydrogens (primary N) is 1. The van der Waals surface area contributed by atoms with Crippen LogP contribution in [0.15, 0.2) is 0 Å². The molecule has 10 heavy (non-hydrogen) atoms. The number of ether oxygens (including phenoxy) is 1. The molecule has 0 aromatic carbocycles. The number of aliphatic hydroxyl groups is 1. The lowest BCUT2D eigenvalue weighted by molar-refractivity contribution is -0.197. The molecule has 1 heterocycles. The summed E-state index contributed by atoms with van der Waals surface area (Å²) in [5.74, 6) is 0. The molecule has 3 N–H and O–H groups in total. The van der Waals surface area contributed by atoms with Gasteiger partial charge in [-0.1, -0.05) is 13.8 Å². The van der Waals surface area contributed by atoms with Gasteiger partial charge in [0, 0.05) is 11.5 Å². The van der Waals surface area contributed by atoms with Crippen LogP contribution in [0, 0.1) is 5.41 Å². The van der Waals surface area contributed by atoms with Crippen LogP contribution in [0.5, 0.6) is 0 Å². The maximum absolute atomic E-state index is 9.31.